The molecule has 0 aliphatic carbocycles. The zero-order valence-electron chi connectivity index (χ0n) is 15.1. The second-order valence-electron chi connectivity index (χ2n) is 6.00. The van der Waals surface area contributed by atoms with Gasteiger partial charge in [0.1, 0.15) is 23.2 Å². The number of pyridine rings is 1. The van der Waals surface area contributed by atoms with Crippen molar-refractivity contribution in [2.75, 3.05) is 32.6 Å². The molecule has 2 amide bonds. The van der Waals surface area contributed by atoms with Crippen molar-refractivity contribution in [1.82, 2.24) is 9.88 Å². The fourth-order valence-electron chi connectivity index (χ4n) is 2.63. The molecule has 0 spiro atoms. The van der Waals surface area contributed by atoms with Gasteiger partial charge in [-0.05, 0) is 24.3 Å². The summed E-state index contributed by atoms with van der Waals surface area (Å²) < 4.78 is 54.6. The first-order valence-electron chi connectivity index (χ1n) is 8.28. The molecule has 28 heavy (non-hydrogen) atoms. The van der Waals surface area contributed by atoms with Crippen LogP contribution in [-0.4, -0.2) is 49.3 Å². The third-order valence-electron chi connectivity index (χ3n) is 4.14. The predicted molar refractivity (Wildman–Crippen MR) is 93.8 cm³/mol. The van der Waals surface area contributed by atoms with Gasteiger partial charge in [0.05, 0.1) is 33.0 Å². The van der Waals surface area contributed by atoms with Gasteiger partial charge in [-0.1, -0.05) is 0 Å². The molecule has 0 saturated carbocycles. The van der Waals surface area contributed by atoms with Crippen LogP contribution in [0.25, 0.3) is 0 Å². The van der Waals surface area contributed by atoms with Gasteiger partial charge >= 0.3 is 12.2 Å². The van der Waals surface area contributed by atoms with Crippen LogP contribution in [0.3, 0.4) is 0 Å². The van der Waals surface area contributed by atoms with Crippen LogP contribution < -0.4 is 19.5 Å². The smallest absolute Gasteiger partial charge is 0.421 e. The zero-order valence-corrected chi connectivity index (χ0v) is 15.1. The minimum Gasteiger partial charge on any atom is -0.497 e. The van der Waals surface area contributed by atoms with E-state index in [2.05, 4.69) is 10.3 Å². The Labute approximate surface area is 159 Å². The van der Waals surface area contributed by atoms with E-state index in [4.69, 9.17) is 14.2 Å². The van der Waals surface area contributed by atoms with Crippen LogP contribution in [-0.2, 0) is 6.18 Å². The number of rotatable bonds is 5. The van der Waals surface area contributed by atoms with Crippen molar-refractivity contribution in [3.05, 3.63) is 42.1 Å². The largest absolute Gasteiger partial charge is 0.497 e. The van der Waals surface area contributed by atoms with Crippen LogP contribution in [0.4, 0.5) is 23.7 Å². The Morgan fingerprint density at radius 2 is 1.96 bits per heavy atom. The maximum Gasteiger partial charge on any atom is 0.421 e. The van der Waals surface area contributed by atoms with Gasteiger partial charge in [0.15, 0.2) is 0 Å². The molecule has 1 aromatic heterocycles. The second kappa shape index (κ2) is 7.83. The highest BCUT2D eigenvalue weighted by atomic mass is 19.4. The zero-order chi connectivity index (χ0) is 20.3. The number of aromatic nitrogens is 1. The second-order valence-corrected chi connectivity index (χ2v) is 6.00. The molecule has 2 heterocycles. The van der Waals surface area contributed by atoms with Crippen LogP contribution in [0.2, 0.25) is 0 Å². The van der Waals surface area contributed by atoms with Crippen molar-refractivity contribution in [3.8, 4) is 17.4 Å². The Bertz CT molecular complexity index is 854. The van der Waals surface area contributed by atoms with E-state index < -0.39 is 29.8 Å². The van der Waals surface area contributed by atoms with Crippen LogP contribution in [0.5, 0.6) is 17.4 Å². The van der Waals surface area contributed by atoms with E-state index in [0.717, 1.165) is 6.07 Å². The summed E-state index contributed by atoms with van der Waals surface area (Å²) in [4.78, 5) is 17.4. The molecule has 2 aromatic rings. The average molecular weight is 397 g/mol. The van der Waals surface area contributed by atoms with Gasteiger partial charge in [0.2, 0.25) is 5.88 Å². The minimum absolute atomic E-state index is 0.137. The lowest BCUT2D eigenvalue weighted by molar-refractivity contribution is -0.140. The number of carbonyl (C=O) groups excluding carboxylic acids is 1. The third-order valence-corrected chi connectivity index (χ3v) is 4.14. The number of amides is 2. The molecule has 1 aliphatic heterocycles. The number of hydrogen-bond acceptors (Lipinski definition) is 5. The standard InChI is InChI=1S/C18H18F3N3O4/c1-26-11-5-6-14(15(8-11)27-2)23-17(25)24-9-12(10-24)28-16-13(18(19,20)21)4-3-7-22-16/h3-8,12H,9-10H2,1-2H3,(H,23,25). The van der Waals surface area contributed by atoms with E-state index in [1.165, 1.54) is 31.4 Å². The predicted octanol–water partition coefficient (Wildman–Crippen LogP) is 3.41. The number of ether oxygens (including phenoxy) is 3. The number of halogens is 3. The van der Waals surface area contributed by atoms with Crippen LogP contribution in [0.15, 0.2) is 36.5 Å². The first-order chi connectivity index (χ1) is 13.3. The summed E-state index contributed by atoms with van der Waals surface area (Å²) in [6, 6.07) is 6.60. The van der Waals surface area contributed by atoms with Gasteiger partial charge in [-0.15, -0.1) is 0 Å². The van der Waals surface area contributed by atoms with Crippen LogP contribution >= 0.6 is 0 Å². The maximum atomic E-state index is 13.0. The van der Waals surface area contributed by atoms with Crippen LogP contribution in [0.1, 0.15) is 5.56 Å². The van der Waals surface area contributed by atoms with E-state index in [9.17, 15) is 18.0 Å². The summed E-state index contributed by atoms with van der Waals surface area (Å²) in [6.07, 6.45) is -3.90. The number of hydrogen-bond donors (Lipinski definition) is 1. The molecule has 0 unspecified atom stereocenters. The van der Waals surface area contributed by atoms with Gasteiger partial charge < -0.3 is 24.4 Å². The fraction of sp³-hybridized carbons (Fsp3) is 0.333. The Morgan fingerprint density at radius 1 is 1.21 bits per heavy atom. The molecule has 3 rings (SSSR count). The average Bonchev–Trinajstić information content (AvgIpc) is 2.64. The number of anilines is 1. The molecule has 0 bridgehead atoms. The summed E-state index contributed by atoms with van der Waals surface area (Å²) in [5.41, 5.74) is -0.498. The molecular weight excluding hydrogens is 379 g/mol. The van der Waals surface area contributed by atoms with Crippen molar-refractivity contribution in [1.29, 1.82) is 0 Å². The van der Waals surface area contributed by atoms with E-state index in [1.807, 2.05) is 0 Å². The molecule has 1 N–H and O–H groups in total. The first kappa shape index (κ1) is 19.6. The number of carbonyl (C=O) groups is 1. The molecule has 0 radical (unpaired) electrons. The number of methoxy groups -OCH3 is 2. The fourth-order valence-corrected chi connectivity index (χ4v) is 2.63. The van der Waals surface area contributed by atoms with Crippen molar-refractivity contribution in [3.63, 3.8) is 0 Å². The topological polar surface area (TPSA) is 72.9 Å². The Morgan fingerprint density at radius 3 is 2.61 bits per heavy atom. The lowest BCUT2D eigenvalue weighted by atomic mass is 10.1. The van der Waals surface area contributed by atoms with Gasteiger partial charge in [-0.25, -0.2) is 9.78 Å². The highest BCUT2D eigenvalue weighted by molar-refractivity contribution is 5.91. The number of alkyl halides is 3. The number of urea groups is 1. The molecule has 1 aliphatic rings. The van der Waals surface area contributed by atoms with Crippen molar-refractivity contribution < 1.29 is 32.2 Å². The first-order valence-corrected chi connectivity index (χ1v) is 8.28. The normalized spacial score (nSPS) is 14.2. The molecule has 0 atom stereocenters. The lowest BCUT2D eigenvalue weighted by Crippen LogP contribution is -2.57. The van der Waals surface area contributed by atoms with Crippen LogP contribution in [0, 0.1) is 0 Å². The Balaban J connectivity index is 1.58. The van der Waals surface area contributed by atoms with E-state index >= 15 is 0 Å². The summed E-state index contributed by atoms with van der Waals surface area (Å²) in [5.74, 6) is 0.504. The summed E-state index contributed by atoms with van der Waals surface area (Å²) in [6.45, 7) is 0.274. The van der Waals surface area contributed by atoms with E-state index in [1.54, 1.807) is 18.2 Å². The summed E-state index contributed by atoms with van der Waals surface area (Å²) in [5, 5.41) is 2.69. The summed E-state index contributed by atoms with van der Waals surface area (Å²) in [7, 11) is 2.97. The number of likely N-dealkylation sites (tertiary alicyclic amines) is 1. The minimum atomic E-state index is -4.56. The highest BCUT2D eigenvalue weighted by Crippen LogP contribution is 2.35. The van der Waals surface area contributed by atoms with E-state index in [0.29, 0.717) is 17.2 Å². The third kappa shape index (κ3) is 4.21. The molecule has 150 valence electrons. The molecule has 1 aromatic carbocycles. The van der Waals surface area contributed by atoms with Crippen molar-refractivity contribution in [2.24, 2.45) is 0 Å². The van der Waals surface area contributed by atoms with Gasteiger partial charge in [-0.2, -0.15) is 13.2 Å². The highest BCUT2D eigenvalue weighted by Gasteiger charge is 2.38. The quantitative estimate of drug-likeness (QED) is 0.837. The Hall–Kier alpha value is -3.17. The van der Waals surface area contributed by atoms with E-state index in [-0.39, 0.29) is 13.1 Å². The lowest BCUT2D eigenvalue weighted by Gasteiger charge is -2.38. The van der Waals surface area contributed by atoms with Gasteiger partial charge in [0, 0.05) is 12.3 Å². The Kier molecular flexibility index (Phi) is 5.48. The molecule has 1 fully saturated rings. The summed E-state index contributed by atoms with van der Waals surface area (Å²) >= 11 is 0. The SMILES string of the molecule is COc1ccc(NC(=O)N2CC(Oc3ncccc3C(F)(F)F)C2)c(OC)c1. The molecular formula is C18H18F3N3O4. The number of nitrogens with zero attached hydrogens (tertiary/aromatic N) is 2. The molecule has 10 heteroatoms. The molecule has 7 nitrogen and oxygen atoms in total. The monoisotopic (exact) mass is 397 g/mol. The number of benzene rings is 1. The molecule has 1 saturated heterocycles. The van der Waals surface area contributed by atoms with Gasteiger partial charge in [0.25, 0.3) is 0 Å². The van der Waals surface area contributed by atoms with Crippen molar-refractivity contribution >= 4 is 11.7 Å². The maximum absolute atomic E-state index is 13.0. The number of nitrogens with one attached hydrogen (secondary N) is 1. The van der Waals surface area contributed by atoms with Gasteiger partial charge in [-0.3, -0.25) is 0 Å². The van der Waals surface area contributed by atoms with Crippen molar-refractivity contribution in [2.45, 2.75) is 12.3 Å².